The first-order valence-electron chi connectivity index (χ1n) is 5.46. The van der Waals surface area contributed by atoms with E-state index in [2.05, 4.69) is 27.8 Å². The standard InChI is InChI=1S/C11H14N4OS/c1-8-10(16)15(11(17)14-13-8)12-7-9-5-3-2-4-6-9/h2-3,7,12H,4-6H2,1H3,(H,14,17). The van der Waals surface area contributed by atoms with Crippen LogP contribution in [0.4, 0.5) is 0 Å². The Morgan fingerprint density at radius 1 is 1.59 bits per heavy atom. The molecule has 0 bridgehead atoms. The summed E-state index contributed by atoms with van der Waals surface area (Å²) in [6, 6.07) is 0. The summed E-state index contributed by atoms with van der Waals surface area (Å²) in [7, 11) is 0. The molecule has 17 heavy (non-hydrogen) atoms. The molecule has 0 atom stereocenters. The zero-order valence-corrected chi connectivity index (χ0v) is 10.4. The molecule has 0 saturated carbocycles. The number of aromatic nitrogens is 3. The highest BCUT2D eigenvalue weighted by Gasteiger charge is 2.03. The van der Waals surface area contributed by atoms with E-state index in [4.69, 9.17) is 12.2 Å². The van der Waals surface area contributed by atoms with Crippen molar-refractivity contribution in [3.63, 3.8) is 0 Å². The van der Waals surface area contributed by atoms with Crippen molar-refractivity contribution in [3.8, 4) is 0 Å². The number of nitrogens with one attached hydrogen (secondary N) is 2. The van der Waals surface area contributed by atoms with Crippen molar-refractivity contribution in [1.82, 2.24) is 14.9 Å². The summed E-state index contributed by atoms with van der Waals surface area (Å²) in [6.45, 7) is 1.64. The second-order valence-electron chi connectivity index (χ2n) is 3.90. The zero-order chi connectivity index (χ0) is 12.3. The molecular formula is C11H14N4OS. The van der Waals surface area contributed by atoms with Gasteiger partial charge in [0.2, 0.25) is 4.77 Å². The quantitative estimate of drug-likeness (QED) is 0.620. The number of allylic oxidation sites excluding steroid dienone is 3. The number of rotatable bonds is 2. The molecule has 0 amide bonds. The fourth-order valence-corrected chi connectivity index (χ4v) is 1.79. The van der Waals surface area contributed by atoms with Crippen molar-refractivity contribution in [2.75, 3.05) is 5.43 Å². The molecule has 0 aromatic carbocycles. The third-order valence-corrected chi connectivity index (χ3v) is 2.89. The number of hydrogen-bond donors (Lipinski definition) is 2. The van der Waals surface area contributed by atoms with E-state index in [1.807, 2.05) is 6.20 Å². The first kappa shape index (κ1) is 11.8. The van der Waals surface area contributed by atoms with E-state index in [0.717, 1.165) is 19.3 Å². The number of hydrogen-bond acceptors (Lipinski definition) is 4. The second kappa shape index (κ2) is 5.09. The first-order valence-corrected chi connectivity index (χ1v) is 5.87. The molecule has 0 unspecified atom stereocenters. The SMILES string of the molecule is Cc1n[nH]c(=S)n(NC=C2CC=CCC2)c1=O. The average molecular weight is 250 g/mol. The van der Waals surface area contributed by atoms with Crippen molar-refractivity contribution in [1.29, 1.82) is 0 Å². The van der Waals surface area contributed by atoms with Crippen LogP contribution in [0.2, 0.25) is 0 Å². The third kappa shape index (κ3) is 2.71. The van der Waals surface area contributed by atoms with Crippen molar-refractivity contribution >= 4 is 12.2 Å². The summed E-state index contributed by atoms with van der Waals surface area (Å²) in [5, 5.41) is 6.42. The molecule has 0 fully saturated rings. The molecule has 90 valence electrons. The number of H-pyrrole nitrogens is 1. The summed E-state index contributed by atoms with van der Waals surface area (Å²) in [5.41, 5.74) is 4.34. The van der Waals surface area contributed by atoms with Crippen LogP contribution in [-0.4, -0.2) is 14.9 Å². The fourth-order valence-electron chi connectivity index (χ4n) is 1.61. The van der Waals surface area contributed by atoms with E-state index in [0.29, 0.717) is 5.69 Å². The van der Waals surface area contributed by atoms with Crippen LogP contribution in [0.25, 0.3) is 0 Å². The summed E-state index contributed by atoms with van der Waals surface area (Å²) < 4.78 is 1.56. The van der Waals surface area contributed by atoms with Crippen LogP contribution < -0.4 is 11.0 Å². The van der Waals surface area contributed by atoms with Crippen LogP contribution in [0.3, 0.4) is 0 Å². The van der Waals surface area contributed by atoms with E-state index in [-0.39, 0.29) is 10.3 Å². The molecule has 1 aliphatic carbocycles. The van der Waals surface area contributed by atoms with Gasteiger partial charge in [0.15, 0.2) is 0 Å². The molecule has 0 aliphatic heterocycles. The summed E-state index contributed by atoms with van der Waals surface area (Å²) in [6.07, 6.45) is 9.10. The lowest BCUT2D eigenvalue weighted by Gasteiger charge is -2.10. The molecule has 5 nitrogen and oxygen atoms in total. The van der Waals surface area contributed by atoms with Gasteiger partial charge in [-0.25, -0.2) is 0 Å². The van der Waals surface area contributed by atoms with Crippen molar-refractivity contribution in [3.05, 3.63) is 44.7 Å². The maximum atomic E-state index is 11.8. The topological polar surface area (TPSA) is 62.7 Å². The number of aromatic amines is 1. The molecule has 1 aromatic rings. The van der Waals surface area contributed by atoms with Gasteiger partial charge >= 0.3 is 0 Å². The Hall–Kier alpha value is -1.69. The Morgan fingerprint density at radius 3 is 3.12 bits per heavy atom. The minimum atomic E-state index is -0.225. The molecular weight excluding hydrogens is 236 g/mol. The third-order valence-electron chi connectivity index (χ3n) is 2.61. The van der Waals surface area contributed by atoms with E-state index < -0.39 is 0 Å². The second-order valence-corrected chi connectivity index (χ2v) is 4.29. The number of nitrogens with zero attached hydrogens (tertiary/aromatic N) is 2. The van der Waals surface area contributed by atoms with Gasteiger partial charge in [0.25, 0.3) is 5.56 Å². The minimum Gasteiger partial charge on any atom is -0.296 e. The molecule has 0 saturated heterocycles. The predicted octanol–water partition coefficient (Wildman–Crippen LogP) is 1.78. The zero-order valence-electron chi connectivity index (χ0n) is 9.56. The lowest BCUT2D eigenvalue weighted by molar-refractivity contribution is 0.751. The smallest absolute Gasteiger partial charge is 0.294 e. The molecule has 1 heterocycles. The molecule has 1 aliphatic rings. The van der Waals surface area contributed by atoms with Crippen LogP contribution in [0.5, 0.6) is 0 Å². The van der Waals surface area contributed by atoms with E-state index >= 15 is 0 Å². The lowest BCUT2D eigenvalue weighted by atomic mass is 10.0. The predicted molar refractivity (Wildman–Crippen MR) is 68.9 cm³/mol. The van der Waals surface area contributed by atoms with E-state index in [9.17, 15) is 4.79 Å². The largest absolute Gasteiger partial charge is 0.296 e. The minimum absolute atomic E-state index is 0.225. The fraction of sp³-hybridized carbons (Fsp3) is 0.364. The Morgan fingerprint density at radius 2 is 2.41 bits per heavy atom. The van der Waals surface area contributed by atoms with Crippen LogP contribution in [0.1, 0.15) is 25.0 Å². The van der Waals surface area contributed by atoms with Crippen molar-refractivity contribution in [2.45, 2.75) is 26.2 Å². The Labute approximate surface area is 104 Å². The van der Waals surface area contributed by atoms with Crippen LogP contribution in [0.15, 0.2) is 28.7 Å². The highest BCUT2D eigenvalue weighted by Crippen LogP contribution is 2.15. The molecule has 2 N–H and O–H groups in total. The van der Waals surface area contributed by atoms with Gasteiger partial charge in [-0.3, -0.25) is 15.3 Å². The Bertz CT molecular complexity index is 582. The van der Waals surface area contributed by atoms with Crippen LogP contribution >= 0.6 is 12.2 Å². The molecule has 0 radical (unpaired) electrons. The Kier molecular flexibility index (Phi) is 3.53. The molecule has 1 aromatic heterocycles. The van der Waals surface area contributed by atoms with Gasteiger partial charge in [-0.1, -0.05) is 12.2 Å². The highest BCUT2D eigenvalue weighted by molar-refractivity contribution is 7.71. The normalized spacial score (nSPS) is 17.4. The first-order chi connectivity index (χ1) is 8.18. The van der Waals surface area contributed by atoms with Crippen LogP contribution in [-0.2, 0) is 0 Å². The highest BCUT2D eigenvalue weighted by atomic mass is 32.1. The number of aryl methyl sites for hydroxylation is 1. The van der Waals surface area contributed by atoms with Gasteiger partial charge in [0, 0.05) is 6.20 Å². The monoisotopic (exact) mass is 250 g/mol. The van der Waals surface area contributed by atoms with Gasteiger partial charge in [-0.05, 0) is 44.0 Å². The van der Waals surface area contributed by atoms with Crippen LogP contribution in [0, 0.1) is 11.7 Å². The maximum Gasteiger partial charge on any atom is 0.294 e. The van der Waals surface area contributed by atoms with E-state index in [1.54, 1.807) is 6.92 Å². The van der Waals surface area contributed by atoms with Crippen molar-refractivity contribution < 1.29 is 0 Å². The summed E-state index contributed by atoms with van der Waals surface area (Å²) in [5.74, 6) is 0. The van der Waals surface area contributed by atoms with Gasteiger partial charge in [0.1, 0.15) is 5.69 Å². The van der Waals surface area contributed by atoms with Crippen molar-refractivity contribution in [2.24, 2.45) is 0 Å². The van der Waals surface area contributed by atoms with Gasteiger partial charge in [0.05, 0.1) is 0 Å². The van der Waals surface area contributed by atoms with Gasteiger partial charge < -0.3 is 0 Å². The molecule has 0 spiro atoms. The molecule has 6 heteroatoms. The maximum absolute atomic E-state index is 11.8. The molecule has 2 rings (SSSR count). The van der Waals surface area contributed by atoms with Gasteiger partial charge in [-0.2, -0.15) is 9.77 Å². The van der Waals surface area contributed by atoms with Gasteiger partial charge in [-0.15, -0.1) is 0 Å². The summed E-state index contributed by atoms with van der Waals surface area (Å²) >= 11 is 5.01. The van der Waals surface area contributed by atoms with E-state index in [1.165, 1.54) is 10.2 Å². The summed E-state index contributed by atoms with van der Waals surface area (Å²) in [4.78, 5) is 11.8. The lowest BCUT2D eigenvalue weighted by Crippen LogP contribution is -2.30. The average Bonchev–Trinajstić information content (AvgIpc) is 2.35. The Balaban J connectivity index is 2.25.